The molecule has 5 heteroatoms. The summed E-state index contributed by atoms with van der Waals surface area (Å²) in [5, 5.41) is 2.79. The molecule has 1 aromatic rings. The van der Waals surface area contributed by atoms with Gasteiger partial charge < -0.3 is 16.0 Å². The number of carbonyl (C=O) groups excluding carboxylic acids is 2. The molecule has 1 aliphatic rings. The van der Waals surface area contributed by atoms with Gasteiger partial charge in [0.2, 0.25) is 11.8 Å². The van der Waals surface area contributed by atoms with E-state index in [1.54, 1.807) is 11.8 Å². The van der Waals surface area contributed by atoms with Gasteiger partial charge in [0.15, 0.2) is 0 Å². The molecule has 0 saturated carbocycles. The molecular formula is C13H17N3O2. The van der Waals surface area contributed by atoms with Gasteiger partial charge in [-0.05, 0) is 30.2 Å². The van der Waals surface area contributed by atoms with Crippen LogP contribution in [0.1, 0.15) is 18.9 Å². The third kappa shape index (κ3) is 2.51. The largest absolute Gasteiger partial charge is 0.330 e. The minimum atomic E-state index is -0.0844. The quantitative estimate of drug-likeness (QED) is 0.832. The highest BCUT2D eigenvalue weighted by molar-refractivity contribution is 5.95. The van der Waals surface area contributed by atoms with Crippen molar-refractivity contribution in [1.82, 2.24) is 0 Å². The van der Waals surface area contributed by atoms with Crippen LogP contribution in [0.15, 0.2) is 18.2 Å². The zero-order chi connectivity index (χ0) is 13.1. The van der Waals surface area contributed by atoms with Gasteiger partial charge in [-0.25, -0.2) is 0 Å². The third-order valence-corrected chi connectivity index (χ3v) is 3.01. The number of nitrogens with two attached hydrogens (primary N) is 1. The average Bonchev–Trinajstić information content (AvgIpc) is 2.72. The molecule has 0 radical (unpaired) electrons. The van der Waals surface area contributed by atoms with Crippen molar-refractivity contribution >= 4 is 23.2 Å². The average molecular weight is 247 g/mol. The van der Waals surface area contributed by atoms with E-state index in [4.69, 9.17) is 5.73 Å². The number of anilines is 2. The van der Waals surface area contributed by atoms with Crippen molar-refractivity contribution in [2.45, 2.75) is 19.8 Å². The molecule has 0 bridgehead atoms. The first-order chi connectivity index (χ1) is 8.61. The first kappa shape index (κ1) is 12.6. The van der Waals surface area contributed by atoms with Gasteiger partial charge >= 0.3 is 0 Å². The van der Waals surface area contributed by atoms with Crippen LogP contribution in [-0.4, -0.2) is 24.9 Å². The van der Waals surface area contributed by atoms with Crippen LogP contribution in [0.5, 0.6) is 0 Å². The minimum Gasteiger partial charge on any atom is -0.330 e. The van der Waals surface area contributed by atoms with Crippen LogP contribution in [0.4, 0.5) is 11.4 Å². The maximum absolute atomic E-state index is 11.4. The third-order valence-electron chi connectivity index (χ3n) is 3.01. The SMILES string of the molecule is CC(=O)N1CCc2cc(NC(=O)CCN)ccc21. The Bertz CT molecular complexity index is 485. The van der Waals surface area contributed by atoms with Crippen LogP contribution in [0.3, 0.4) is 0 Å². The Morgan fingerprint density at radius 3 is 2.89 bits per heavy atom. The van der Waals surface area contributed by atoms with Gasteiger partial charge in [-0.1, -0.05) is 0 Å². The summed E-state index contributed by atoms with van der Waals surface area (Å²) in [7, 11) is 0. The summed E-state index contributed by atoms with van der Waals surface area (Å²) in [4.78, 5) is 24.6. The molecule has 1 aliphatic heterocycles. The maximum atomic E-state index is 11.4. The van der Waals surface area contributed by atoms with E-state index >= 15 is 0 Å². The molecule has 2 amide bonds. The molecule has 0 spiro atoms. The monoisotopic (exact) mass is 247 g/mol. The Balaban J connectivity index is 2.14. The van der Waals surface area contributed by atoms with E-state index in [9.17, 15) is 9.59 Å². The maximum Gasteiger partial charge on any atom is 0.225 e. The molecule has 2 rings (SSSR count). The molecule has 96 valence electrons. The van der Waals surface area contributed by atoms with Gasteiger partial charge in [0.1, 0.15) is 0 Å². The number of rotatable bonds is 3. The second-order valence-electron chi connectivity index (χ2n) is 4.35. The Hall–Kier alpha value is -1.88. The Kier molecular flexibility index (Phi) is 3.62. The fourth-order valence-corrected chi connectivity index (χ4v) is 2.16. The zero-order valence-electron chi connectivity index (χ0n) is 10.4. The molecule has 1 heterocycles. The first-order valence-corrected chi connectivity index (χ1v) is 6.03. The van der Waals surface area contributed by atoms with Crippen molar-refractivity contribution in [2.24, 2.45) is 5.73 Å². The predicted molar refractivity (Wildman–Crippen MR) is 70.5 cm³/mol. The summed E-state index contributed by atoms with van der Waals surface area (Å²) >= 11 is 0. The summed E-state index contributed by atoms with van der Waals surface area (Å²) in [5.74, 6) is -0.0347. The van der Waals surface area contributed by atoms with Gasteiger partial charge in [-0.3, -0.25) is 9.59 Å². The van der Waals surface area contributed by atoms with Crippen LogP contribution in [0.2, 0.25) is 0 Å². The van der Waals surface area contributed by atoms with E-state index in [1.165, 1.54) is 0 Å². The predicted octanol–water partition coefficient (Wildman–Crippen LogP) is 0.883. The number of fused-ring (bicyclic) bond motifs is 1. The van der Waals surface area contributed by atoms with Crippen LogP contribution in [-0.2, 0) is 16.0 Å². The van der Waals surface area contributed by atoms with Gasteiger partial charge in [0, 0.05) is 37.8 Å². The lowest BCUT2D eigenvalue weighted by Crippen LogP contribution is -2.25. The van der Waals surface area contributed by atoms with Crippen LogP contribution in [0.25, 0.3) is 0 Å². The smallest absolute Gasteiger partial charge is 0.225 e. The molecule has 5 nitrogen and oxygen atoms in total. The highest BCUT2D eigenvalue weighted by Crippen LogP contribution is 2.30. The summed E-state index contributed by atoms with van der Waals surface area (Å²) in [6.45, 7) is 2.62. The summed E-state index contributed by atoms with van der Waals surface area (Å²) in [6.07, 6.45) is 1.15. The van der Waals surface area contributed by atoms with E-state index < -0.39 is 0 Å². The second-order valence-corrected chi connectivity index (χ2v) is 4.35. The molecule has 0 unspecified atom stereocenters. The van der Waals surface area contributed by atoms with E-state index in [2.05, 4.69) is 5.32 Å². The number of nitrogens with zero attached hydrogens (tertiary/aromatic N) is 1. The van der Waals surface area contributed by atoms with Crippen molar-refractivity contribution in [1.29, 1.82) is 0 Å². The summed E-state index contributed by atoms with van der Waals surface area (Å²) in [5.41, 5.74) is 8.12. The van der Waals surface area contributed by atoms with Gasteiger partial charge in [0.05, 0.1) is 0 Å². The normalized spacial score (nSPS) is 13.3. The van der Waals surface area contributed by atoms with Crippen LogP contribution < -0.4 is 16.0 Å². The van der Waals surface area contributed by atoms with E-state index in [1.807, 2.05) is 18.2 Å². The van der Waals surface area contributed by atoms with Crippen molar-refractivity contribution in [3.05, 3.63) is 23.8 Å². The van der Waals surface area contributed by atoms with Crippen LogP contribution >= 0.6 is 0 Å². The Labute approximate surface area is 106 Å². The first-order valence-electron chi connectivity index (χ1n) is 6.03. The Morgan fingerprint density at radius 2 is 2.22 bits per heavy atom. The molecule has 0 atom stereocenters. The summed E-state index contributed by atoms with van der Waals surface area (Å²) in [6, 6.07) is 5.61. The molecule has 3 N–H and O–H groups in total. The number of hydrogen-bond acceptors (Lipinski definition) is 3. The minimum absolute atomic E-state index is 0.0497. The Morgan fingerprint density at radius 1 is 1.44 bits per heavy atom. The fraction of sp³-hybridized carbons (Fsp3) is 0.385. The number of hydrogen-bond donors (Lipinski definition) is 2. The summed E-state index contributed by atoms with van der Waals surface area (Å²) < 4.78 is 0. The molecule has 0 fully saturated rings. The van der Waals surface area contributed by atoms with E-state index in [0.29, 0.717) is 19.5 Å². The number of amides is 2. The van der Waals surface area contributed by atoms with Gasteiger partial charge in [0.25, 0.3) is 0 Å². The highest BCUT2D eigenvalue weighted by atomic mass is 16.2. The fourth-order valence-electron chi connectivity index (χ4n) is 2.16. The van der Waals surface area contributed by atoms with Crippen molar-refractivity contribution < 1.29 is 9.59 Å². The van der Waals surface area contributed by atoms with Gasteiger partial charge in [-0.15, -0.1) is 0 Å². The van der Waals surface area contributed by atoms with Crippen molar-refractivity contribution in [2.75, 3.05) is 23.3 Å². The van der Waals surface area contributed by atoms with E-state index in [-0.39, 0.29) is 11.8 Å². The molecular weight excluding hydrogens is 230 g/mol. The molecule has 18 heavy (non-hydrogen) atoms. The zero-order valence-corrected chi connectivity index (χ0v) is 10.4. The van der Waals surface area contributed by atoms with Gasteiger partial charge in [-0.2, -0.15) is 0 Å². The highest BCUT2D eigenvalue weighted by Gasteiger charge is 2.22. The number of benzene rings is 1. The lowest BCUT2D eigenvalue weighted by Gasteiger charge is -2.15. The van der Waals surface area contributed by atoms with Crippen molar-refractivity contribution in [3.8, 4) is 0 Å². The molecule has 0 saturated heterocycles. The lowest BCUT2D eigenvalue weighted by molar-refractivity contribution is -0.117. The number of carbonyl (C=O) groups is 2. The molecule has 0 aliphatic carbocycles. The standard InChI is InChI=1S/C13H17N3O2/c1-9(17)16-7-5-10-8-11(2-3-12(10)16)15-13(18)4-6-14/h2-3,8H,4-7,14H2,1H3,(H,15,18). The van der Waals surface area contributed by atoms with E-state index in [0.717, 1.165) is 23.4 Å². The second kappa shape index (κ2) is 5.18. The number of nitrogens with one attached hydrogen (secondary N) is 1. The van der Waals surface area contributed by atoms with Crippen LogP contribution in [0, 0.1) is 0 Å². The lowest BCUT2D eigenvalue weighted by atomic mass is 10.1. The molecule has 1 aromatic carbocycles. The topological polar surface area (TPSA) is 75.4 Å². The molecule has 0 aromatic heterocycles. The van der Waals surface area contributed by atoms with Crippen molar-refractivity contribution in [3.63, 3.8) is 0 Å².